The van der Waals surface area contributed by atoms with Crippen LogP contribution in [0.4, 0.5) is 0 Å². The molecule has 1 saturated heterocycles. The summed E-state index contributed by atoms with van der Waals surface area (Å²) < 4.78 is 2.75. The second kappa shape index (κ2) is 5.84. The van der Waals surface area contributed by atoms with E-state index in [1.54, 1.807) is 22.0 Å². The van der Waals surface area contributed by atoms with Gasteiger partial charge in [0, 0.05) is 18.4 Å². The van der Waals surface area contributed by atoms with Crippen LogP contribution in [0.25, 0.3) is 16.0 Å². The Balaban J connectivity index is 1.51. The van der Waals surface area contributed by atoms with E-state index in [1.807, 2.05) is 36.1 Å². The molecule has 0 N–H and O–H groups in total. The van der Waals surface area contributed by atoms with Gasteiger partial charge in [-0.2, -0.15) is 4.98 Å². The van der Waals surface area contributed by atoms with Crippen LogP contribution in [0.2, 0.25) is 0 Å². The third-order valence-electron chi connectivity index (χ3n) is 4.73. The van der Waals surface area contributed by atoms with E-state index in [2.05, 4.69) is 21.1 Å². The van der Waals surface area contributed by atoms with E-state index >= 15 is 0 Å². The second-order valence-corrected chi connectivity index (χ2v) is 7.47. The van der Waals surface area contributed by atoms with E-state index in [-0.39, 0.29) is 17.8 Å². The van der Waals surface area contributed by atoms with Gasteiger partial charge in [0.1, 0.15) is 5.01 Å². The molecule has 3 aromatic heterocycles. The molecule has 5 rings (SSSR count). The topological polar surface area (TPSA) is 76.3 Å². The van der Waals surface area contributed by atoms with Crippen molar-refractivity contribution < 1.29 is 4.79 Å². The van der Waals surface area contributed by atoms with Crippen LogP contribution in [-0.4, -0.2) is 41.9 Å². The molecule has 0 bridgehead atoms. The number of aromatic nitrogens is 5. The van der Waals surface area contributed by atoms with Gasteiger partial charge >= 0.3 is 0 Å². The van der Waals surface area contributed by atoms with Crippen molar-refractivity contribution in [2.24, 2.45) is 0 Å². The van der Waals surface area contributed by atoms with E-state index in [9.17, 15) is 4.79 Å². The fourth-order valence-electron chi connectivity index (χ4n) is 3.42. The Morgan fingerprint density at radius 3 is 2.96 bits per heavy atom. The first-order valence-corrected chi connectivity index (χ1v) is 9.37. The third kappa shape index (κ3) is 2.37. The highest BCUT2D eigenvalue weighted by molar-refractivity contribution is 7.18. The second-order valence-electron chi connectivity index (χ2n) is 6.41. The first-order valence-electron chi connectivity index (χ1n) is 8.55. The zero-order valence-corrected chi connectivity index (χ0v) is 15.0. The van der Waals surface area contributed by atoms with Crippen LogP contribution >= 0.6 is 11.3 Å². The molecule has 1 atom stereocenters. The molecule has 1 aliphatic heterocycles. The number of benzene rings is 1. The molecule has 4 heterocycles. The molecule has 0 aliphatic carbocycles. The Hall–Kier alpha value is -2.87. The molecule has 130 valence electrons. The van der Waals surface area contributed by atoms with Crippen molar-refractivity contribution in [1.82, 2.24) is 29.5 Å². The van der Waals surface area contributed by atoms with Gasteiger partial charge in [-0.15, -0.1) is 16.4 Å². The normalized spacial score (nSPS) is 17.4. The number of fused-ring (bicyclic) bond motifs is 2. The molecular formula is C18H16N6OS. The lowest BCUT2D eigenvalue weighted by Crippen LogP contribution is -2.31. The van der Waals surface area contributed by atoms with Crippen molar-refractivity contribution in [3.8, 4) is 0 Å². The van der Waals surface area contributed by atoms with E-state index in [0.717, 1.165) is 33.8 Å². The van der Waals surface area contributed by atoms with Crippen molar-refractivity contribution in [3.63, 3.8) is 0 Å². The van der Waals surface area contributed by atoms with Crippen LogP contribution in [0.15, 0.2) is 36.5 Å². The summed E-state index contributed by atoms with van der Waals surface area (Å²) in [6.07, 6.45) is 3.54. The van der Waals surface area contributed by atoms with Gasteiger partial charge in [-0.3, -0.25) is 4.79 Å². The number of para-hydroxylation sites is 1. The average molecular weight is 364 g/mol. The average Bonchev–Trinajstić information content (AvgIpc) is 3.37. The molecular weight excluding hydrogens is 348 g/mol. The van der Waals surface area contributed by atoms with Gasteiger partial charge in [0.05, 0.1) is 16.3 Å². The monoisotopic (exact) mass is 364 g/mol. The number of nitrogens with zero attached hydrogens (tertiary/aromatic N) is 6. The molecule has 26 heavy (non-hydrogen) atoms. The van der Waals surface area contributed by atoms with Crippen LogP contribution < -0.4 is 0 Å². The molecule has 0 radical (unpaired) electrons. The van der Waals surface area contributed by atoms with Gasteiger partial charge in [0.25, 0.3) is 11.7 Å². The highest BCUT2D eigenvalue weighted by Gasteiger charge is 2.34. The number of thiazole rings is 1. The summed E-state index contributed by atoms with van der Waals surface area (Å²) in [4.78, 5) is 28.2. The summed E-state index contributed by atoms with van der Waals surface area (Å²) in [5, 5.41) is 5.34. The van der Waals surface area contributed by atoms with Crippen molar-refractivity contribution in [1.29, 1.82) is 0 Å². The van der Waals surface area contributed by atoms with E-state index in [1.165, 1.54) is 0 Å². The smallest absolute Gasteiger partial charge is 0.294 e. The quantitative estimate of drug-likeness (QED) is 0.546. The minimum Gasteiger partial charge on any atom is -0.326 e. The standard InChI is InChI=1S/C18H16N6OS/c1-11-8-9-19-18-21-15(22-24(11)18)17(25)23-10-4-6-13(23)16-20-12-5-2-3-7-14(12)26-16/h2-3,5,7-9,13H,4,6,10H2,1H3. The summed E-state index contributed by atoms with van der Waals surface area (Å²) in [6, 6.07) is 9.90. The summed E-state index contributed by atoms with van der Waals surface area (Å²) in [7, 11) is 0. The van der Waals surface area contributed by atoms with Gasteiger partial charge in [-0.1, -0.05) is 12.1 Å². The number of carbonyl (C=O) groups excluding carboxylic acids is 1. The number of hydrogen-bond acceptors (Lipinski definition) is 6. The lowest BCUT2D eigenvalue weighted by molar-refractivity contribution is 0.0723. The largest absolute Gasteiger partial charge is 0.326 e. The van der Waals surface area contributed by atoms with E-state index in [4.69, 9.17) is 4.98 Å². The number of rotatable bonds is 2. The molecule has 7 nitrogen and oxygen atoms in total. The Labute approximate surface area is 153 Å². The van der Waals surface area contributed by atoms with Gasteiger partial charge in [0.2, 0.25) is 5.82 Å². The molecule has 1 aliphatic rings. The maximum absolute atomic E-state index is 13.1. The number of amides is 1. The first kappa shape index (κ1) is 15.4. The lowest BCUT2D eigenvalue weighted by Gasteiger charge is -2.21. The van der Waals surface area contributed by atoms with Gasteiger partial charge in [0.15, 0.2) is 0 Å². The first-order chi connectivity index (χ1) is 12.7. The molecule has 4 aromatic rings. The van der Waals surface area contributed by atoms with Crippen molar-refractivity contribution >= 4 is 33.2 Å². The van der Waals surface area contributed by atoms with E-state index in [0.29, 0.717) is 12.3 Å². The van der Waals surface area contributed by atoms with Gasteiger partial charge in [-0.05, 0) is 38.0 Å². The van der Waals surface area contributed by atoms with E-state index < -0.39 is 0 Å². The number of hydrogen-bond donors (Lipinski definition) is 0. The fourth-order valence-corrected chi connectivity index (χ4v) is 4.54. The SMILES string of the molecule is Cc1ccnc2nc(C(=O)N3CCCC3c3nc4ccccc4s3)nn12. The van der Waals surface area contributed by atoms with Crippen molar-refractivity contribution in [2.45, 2.75) is 25.8 Å². The molecule has 1 fully saturated rings. The molecule has 1 aromatic carbocycles. The van der Waals surface area contributed by atoms with Crippen LogP contribution in [0.3, 0.4) is 0 Å². The molecule has 1 unspecified atom stereocenters. The Morgan fingerprint density at radius 2 is 2.12 bits per heavy atom. The Bertz CT molecular complexity index is 1100. The minimum absolute atomic E-state index is 0.0134. The summed E-state index contributed by atoms with van der Waals surface area (Å²) in [5.41, 5.74) is 1.88. The lowest BCUT2D eigenvalue weighted by atomic mass is 10.2. The minimum atomic E-state index is -0.156. The van der Waals surface area contributed by atoms with Crippen LogP contribution in [0.5, 0.6) is 0 Å². The summed E-state index contributed by atoms with van der Waals surface area (Å²) >= 11 is 1.65. The van der Waals surface area contributed by atoms with Crippen molar-refractivity contribution in [2.75, 3.05) is 6.54 Å². The molecule has 8 heteroatoms. The summed E-state index contributed by atoms with van der Waals surface area (Å²) in [5.74, 6) is 0.487. The Morgan fingerprint density at radius 1 is 1.23 bits per heavy atom. The molecule has 0 saturated carbocycles. The Kier molecular flexibility index (Phi) is 3.46. The van der Waals surface area contributed by atoms with Crippen molar-refractivity contribution in [3.05, 3.63) is 53.1 Å². The molecule has 1 amide bonds. The maximum atomic E-state index is 13.1. The van der Waals surface area contributed by atoms with Gasteiger partial charge in [-0.25, -0.2) is 14.5 Å². The zero-order chi connectivity index (χ0) is 17.7. The molecule has 0 spiro atoms. The highest BCUT2D eigenvalue weighted by Crippen LogP contribution is 2.36. The predicted molar refractivity (Wildman–Crippen MR) is 98.2 cm³/mol. The third-order valence-corrected chi connectivity index (χ3v) is 5.87. The number of carbonyl (C=O) groups is 1. The number of aryl methyl sites for hydroxylation is 1. The van der Waals surface area contributed by atoms with Crippen LogP contribution in [0, 0.1) is 6.92 Å². The van der Waals surface area contributed by atoms with Crippen LogP contribution in [-0.2, 0) is 0 Å². The summed E-state index contributed by atoms with van der Waals surface area (Å²) in [6.45, 7) is 2.61. The van der Waals surface area contributed by atoms with Gasteiger partial charge < -0.3 is 4.90 Å². The fraction of sp³-hybridized carbons (Fsp3) is 0.278. The highest BCUT2D eigenvalue weighted by atomic mass is 32.1. The zero-order valence-electron chi connectivity index (χ0n) is 14.2. The predicted octanol–water partition coefficient (Wildman–Crippen LogP) is 3.02. The number of likely N-dealkylation sites (tertiary alicyclic amines) is 1. The maximum Gasteiger partial charge on any atom is 0.294 e. The van der Waals surface area contributed by atoms with Crippen LogP contribution in [0.1, 0.15) is 40.2 Å².